The summed E-state index contributed by atoms with van der Waals surface area (Å²) in [5.74, 6) is -0.447. The van der Waals surface area contributed by atoms with Gasteiger partial charge in [0.15, 0.2) is 12.2 Å². The first-order chi connectivity index (χ1) is 45.6. The SMILES string of the molecule is CCCCCCCCC=CCCCCCCCC(=O)OC(COC(=O)CCCCCCCCCCCCCCC)COP(=O)([O-])OCC(O)COP(=O)([O-])OCC(COC(=O)CCCCCCCCCCCCCC)OC(=O)CCCCCCCC1CC1CCCCCC.[Na+].[Na+]. The number of carbonyl (C=O) groups is 4. The molecule has 0 bridgehead atoms. The minimum atomic E-state index is -5.22. The molecule has 21 heteroatoms. The van der Waals surface area contributed by atoms with Crippen LogP contribution in [0.5, 0.6) is 0 Å². The second-order valence-electron chi connectivity index (χ2n) is 27.2. The Kier molecular flexibility index (Phi) is 71.8. The van der Waals surface area contributed by atoms with Gasteiger partial charge in [0.1, 0.15) is 19.3 Å². The Bertz CT molecular complexity index is 1920. The monoisotopic (exact) mass is 1420 g/mol. The molecule has 96 heavy (non-hydrogen) atoms. The zero-order valence-corrected chi connectivity index (χ0v) is 68.1. The molecule has 0 aliphatic heterocycles. The molecule has 0 aromatic heterocycles. The molecule has 0 aromatic rings. The minimum Gasteiger partial charge on any atom is -0.756 e. The minimum absolute atomic E-state index is 0. The molecule has 1 N–H and O–H groups in total. The van der Waals surface area contributed by atoms with Crippen LogP contribution in [0.1, 0.15) is 374 Å². The van der Waals surface area contributed by atoms with Crippen LogP contribution in [-0.4, -0.2) is 86.9 Å². The van der Waals surface area contributed by atoms with Crippen LogP contribution in [0.25, 0.3) is 0 Å². The number of rotatable bonds is 73. The van der Waals surface area contributed by atoms with Gasteiger partial charge in [-0.05, 0) is 69.6 Å². The summed E-state index contributed by atoms with van der Waals surface area (Å²) < 4.78 is 67.7. The molecule has 0 amide bonds. The first kappa shape index (κ1) is 97.9. The van der Waals surface area contributed by atoms with Gasteiger partial charge in [0.25, 0.3) is 15.6 Å². The zero-order valence-electron chi connectivity index (χ0n) is 62.3. The van der Waals surface area contributed by atoms with Gasteiger partial charge in [0.05, 0.1) is 26.4 Å². The van der Waals surface area contributed by atoms with E-state index in [-0.39, 0.29) is 84.8 Å². The van der Waals surface area contributed by atoms with Crippen molar-refractivity contribution >= 4 is 39.5 Å². The van der Waals surface area contributed by atoms with E-state index in [4.69, 9.17) is 37.0 Å². The van der Waals surface area contributed by atoms with Crippen LogP contribution in [0.2, 0.25) is 0 Å². The predicted molar refractivity (Wildman–Crippen MR) is 375 cm³/mol. The third-order valence-corrected chi connectivity index (χ3v) is 19.8. The molecule has 1 aliphatic rings. The van der Waals surface area contributed by atoms with Gasteiger partial charge in [-0.1, -0.05) is 303 Å². The Labute approximate surface area is 630 Å². The van der Waals surface area contributed by atoms with Crippen LogP contribution in [0.3, 0.4) is 0 Å². The van der Waals surface area contributed by atoms with Gasteiger partial charge in [-0.2, -0.15) is 0 Å². The maximum Gasteiger partial charge on any atom is 1.00 e. The first-order valence-corrected chi connectivity index (χ1v) is 41.8. The molecule has 7 atom stereocenters. The summed E-state index contributed by atoms with van der Waals surface area (Å²) in [7, 11) is -10.4. The Hall–Kier alpha value is -0.200. The zero-order chi connectivity index (χ0) is 68.7. The smallest absolute Gasteiger partial charge is 0.756 e. The van der Waals surface area contributed by atoms with Gasteiger partial charge >= 0.3 is 83.0 Å². The van der Waals surface area contributed by atoms with E-state index < -0.39 is 97.5 Å². The van der Waals surface area contributed by atoms with Crippen molar-refractivity contribution in [2.75, 3.05) is 39.6 Å². The first-order valence-electron chi connectivity index (χ1n) is 38.9. The number of esters is 4. The van der Waals surface area contributed by atoms with E-state index >= 15 is 0 Å². The quantitative estimate of drug-likeness (QED) is 0.0149. The Morgan fingerprint density at radius 3 is 0.896 bits per heavy atom. The van der Waals surface area contributed by atoms with Gasteiger partial charge in [-0.15, -0.1) is 0 Å². The average molecular weight is 1420 g/mol. The van der Waals surface area contributed by atoms with Gasteiger partial charge in [0, 0.05) is 25.7 Å². The van der Waals surface area contributed by atoms with E-state index in [1.807, 2.05) is 0 Å². The van der Waals surface area contributed by atoms with Gasteiger partial charge < -0.3 is 51.9 Å². The maximum absolute atomic E-state index is 13.0. The number of aliphatic hydroxyl groups excluding tert-OH is 1. The van der Waals surface area contributed by atoms with E-state index in [1.54, 1.807) is 0 Å². The van der Waals surface area contributed by atoms with E-state index in [0.29, 0.717) is 25.7 Å². The summed E-state index contributed by atoms with van der Waals surface area (Å²) >= 11 is 0. The van der Waals surface area contributed by atoms with Crippen molar-refractivity contribution in [3.8, 4) is 0 Å². The fourth-order valence-corrected chi connectivity index (χ4v) is 13.4. The molecule has 0 spiro atoms. The van der Waals surface area contributed by atoms with E-state index in [0.717, 1.165) is 108 Å². The Morgan fingerprint density at radius 1 is 0.354 bits per heavy atom. The molecule has 1 rings (SSSR count). The topological polar surface area (TPSA) is 243 Å². The summed E-state index contributed by atoms with van der Waals surface area (Å²) in [6.45, 7) is 4.57. The number of carbonyl (C=O) groups excluding carboxylic acids is 4. The van der Waals surface area contributed by atoms with E-state index in [1.165, 1.54) is 199 Å². The fourth-order valence-electron chi connectivity index (χ4n) is 11.9. The van der Waals surface area contributed by atoms with E-state index in [2.05, 4.69) is 39.8 Å². The van der Waals surface area contributed by atoms with Crippen LogP contribution < -0.4 is 68.9 Å². The normalized spacial score (nSPS) is 15.8. The Balaban J connectivity index is 0. The van der Waals surface area contributed by atoms with E-state index in [9.17, 15) is 43.2 Å². The fraction of sp³-hybridized carbons (Fsp3) is 0.920. The molecule has 554 valence electrons. The molecule has 1 saturated carbocycles. The molecule has 17 nitrogen and oxygen atoms in total. The molecule has 1 aliphatic carbocycles. The molecule has 0 heterocycles. The predicted octanol–water partition coefficient (Wildman–Crippen LogP) is 14.2. The van der Waals surface area contributed by atoms with Crippen LogP contribution >= 0.6 is 15.6 Å². The van der Waals surface area contributed by atoms with Crippen LogP contribution in [0.4, 0.5) is 0 Å². The maximum atomic E-state index is 13.0. The van der Waals surface area contributed by atoms with Crippen LogP contribution in [-0.2, 0) is 65.4 Å². The van der Waals surface area contributed by atoms with Crippen LogP contribution in [0, 0.1) is 11.8 Å². The average Bonchev–Trinajstić information content (AvgIpc) is 1.70. The third kappa shape index (κ3) is 67.0. The summed E-state index contributed by atoms with van der Waals surface area (Å²) in [4.78, 5) is 77.5. The molecule has 7 unspecified atom stereocenters. The van der Waals surface area contributed by atoms with Crippen molar-refractivity contribution in [1.29, 1.82) is 0 Å². The molecular weight excluding hydrogens is 1280 g/mol. The third-order valence-electron chi connectivity index (χ3n) is 18.0. The number of phosphoric acid groups is 2. The molecular formula is C75H140Na2O17P2. The number of hydrogen-bond acceptors (Lipinski definition) is 17. The summed E-state index contributed by atoms with van der Waals surface area (Å²) in [5.41, 5.74) is 0. The Morgan fingerprint density at radius 2 is 0.594 bits per heavy atom. The number of aliphatic hydroxyl groups is 1. The van der Waals surface area contributed by atoms with Crippen molar-refractivity contribution in [2.45, 2.75) is 393 Å². The summed E-state index contributed by atoms with van der Waals surface area (Å²) in [6, 6.07) is 0. The van der Waals surface area contributed by atoms with Crippen molar-refractivity contribution in [1.82, 2.24) is 0 Å². The number of phosphoric ester groups is 2. The van der Waals surface area contributed by atoms with Crippen molar-refractivity contribution in [3.63, 3.8) is 0 Å². The van der Waals surface area contributed by atoms with Gasteiger partial charge in [-0.3, -0.25) is 28.3 Å². The standard InChI is InChI=1S/C75H142O17P2.2Na/c1-5-9-13-17-20-23-26-29-30-32-35-38-41-46-52-58-74(79)91-70(63-85-72(77)57-51-45-40-37-34-31-27-24-21-18-14-10-6-2)65-89-93(81,82)87-61-69(76)62-88-94(83,84)90-66-71(64-86-73(78)56-50-44-39-36-33-28-25-22-19-15-11-7-3)92-75(80)59-53-47-42-43-49-55-68-60-67(68)54-48-16-12-8-4;;/h29-30,67-71,76H,5-28,31-66H2,1-4H3,(H,81,82)(H,83,84);;/q;2*+1/p-2. The van der Waals surface area contributed by atoms with Gasteiger partial charge in [-0.25, -0.2) is 0 Å². The second kappa shape index (κ2) is 70.5. The summed E-state index contributed by atoms with van der Waals surface area (Å²) in [6.07, 6.45) is 57.6. The van der Waals surface area contributed by atoms with Gasteiger partial charge in [0.2, 0.25) is 0 Å². The summed E-state index contributed by atoms with van der Waals surface area (Å²) in [5, 5.41) is 10.6. The van der Waals surface area contributed by atoms with Crippen molar-refractivity contribution < 1.29 is 139 Å². The van der Waals surface area contributed by atoms with Crippen molar-refractivity contribution in [2.24, 2.45) is 11.8 Å². The number of unbranched alkanes of at least 4 members (excludes halogenated alkanes) is 41. The van der Waals surface area contributed by atoms with Crippen molar-refractivity contribution in [3.05, 3.63) is 12.2 Å². The molecule has 0 saturated heterocycles. The van der Waals surface area contributed by atoms with Crippen LogP contribution in [0.15, 0.2) is 12.2 Å². The second-order valence-corrected chi connectivity index (χ2v) is 30.0. The number of allylic oxidation sites excluding steroid dienone is 2. The molecule has 1 fully saturated rings. The number of hydrogen-bond donors (Lipinski definition) is 1. The largest absolute Gasteiger partial charge is 1.00 e. The molecule has 0 radical (unpaired) electrons. The number of ether oxygens (including phenoxy) is 4. The molecule has 0 aromatic carbocycles.